The lowest BCUT2D eigenvalue weighted by Crippen LogP contribution is -2.31. The van der Waals surface area contributed by atoms with E-state index in [0.717, 1.165) is 5.56 Å². The molecule has 0 radical (unpaired) electrons. The molecule has 6 nitrogen and oxygen atoms in total. The maximum absolute atomic E-state index is 11.9. The number of carbonyl (C=O) groups is 1. The van der Waals surface area contributed by atoms with Crippen LogP contribution < -0.4 is 10.6 Å². The molecule has 0 aliphatic carbocycles. The van der Waals surface area contributed by atoms with Crippen molar-refractivity contribution in [2.45, 2.75) is 13.0 Å². The van der Waals surface area contributed by atoms with E-state index in [1.807, 2.05) is 37.3 Å². The van der Waals surface area contributed by atoms with Crippen molar-refractivity contribution in [2.75, 3.05) is 5.32 Å². The number of anilines is 1. The Kier molecular flexibility index (Phi) is 4.50. The molecular formula is C15H15N3O3. The third kappa shape index (κ3) is 3.79. The van der Waals surface area contributed by atoms with E-state index in [9.17, 15) is 14.9 Å². The first-order chi connectivity index (χ1) is 10.1. The first-order valence-electron chi connectivity index (χ1n) is 6.44. The zero-order chi connectivity index (χ0) is 15.2. The van der Waals surface area contributed by atoms with Crippen molar-refractivity contribution >= 4 is 17.4 Å². The molecule has 2 aromatic carbocycles. The minimum absolute atomic E-state index is 0.139. The van der Waals surface area contributed by atoms with Crippen LogP contribution in [0.5, 0.6) is 0 Å². The summed E-state index contributed by atoms with van der Waals surface area (Å²) in [5.74, 6) is 0. The van der Waals surface area contributed by atoms with Crippen molar-refractivity contribution in [3.8, 4) is 0 Å². The molecule has 0 aromatic heterocycles. The highest BCUT2D eigenvalue weighted by molar-refractivity contribution is 5.91. The second-order valence-corrected chi connectivity index (χ2v) is 4.51. The van der Waals surface area contributed by atoms with Crippen LogP contribution in [0.25, 0.3) is 0 Å². The summed E-state index contributed by atoms with van der Waals surface area (Å²) >= 11 is 0. The highest BCUT2D eigenvalue weighted by Gasteiger charge is 2.16. The zero-order valence-corrected chi connectivity index (χ0v) is 11.4. The van der Waals surface area contributed by atoms with Crippen LogP contribution in [0.15, 0.2) is 54.6 Å². The van der Waals surface area contributed by atoms with Crippen molar-refractivity contribution in [1.82, 2.24) is 5.32 Å². The van der Waals surface area contributed by atoms with E-state index in [-0.39, 0.29) is 17.4 Å². The van der Waals surface area contributed by atoms with Gasteiger partial charge in [0.2, 0.25) is 0 Å². The first-order valence-corrected chi connectivity index (χ1v) is 6.44. The fourth-order valence-corrected chi connectivity index (χ4v) is 1.92. The van der Waals surface area contributed by atoms with Gasteiger partial charge in [0.05, 0.1) is 11.0 Å². The number of rotatable bonds is 4. The summed E-state index contributed by atoms with van der Waals surface area (Å²) in [6.45, 7) is 1.84. The predicted octanol–water partition coefficient (Wildman–Crippen LogP) is 3.48. The third-order valence-corrected chi connectivity index (χ3v) is 3.00. The van der Waals surface area contributed by atoms with E-state index in [1.54, 1.807) is 12.1 Å². The number of urea groups is 1. The number of benzene rings is 2. The maximum Gasteiger partial charge on any atom is 0.319 e. The van der Waals surface area contributed by atoms with Gasteiger partial charge in [0.15, 0.2) is 0 Å². The normalized spacial score (nSPS) is 11.5. The highest BCUT2D eigenvalue weighted by Crippen LogP contribution is 2.23. The highest BCUT2D eigenvalue weighted by atomic mass is 16.6. The van der Waals surface area contributed by atoms with Crippen LogP contribution in [-0.2, 0) is 0 Å². The fourth-order valence-electron chi connectivity index (χ4n) is 1.92. The molecule has 0 heterocycles. The van der Waals surface area contributed by atoms with Crippen molar-refractivity contribution in [1.29, 1.82) is 0 Å². The average Bonchev–Trinajstić information content (AvgIpc) is 2.48. The minimum Gasteiger partial charge on any atom is -0.331 e. The van der Waals surface area contributed by atoms with E-state index in [0.29, 0.717) is 0 Å². The van der Waals surface area contributed by atoms with Gasteiger partial charge < -0.3 is 10.6 Å². The summed E-state index contributed by atoms with van der Waals surface area (Å²) in [5.41, 5.74) is 0.982. The van der Waals surface area contributed by atoms with Gasteiger partial charge in [0.1, 0.15) is 5.69 Å². The molecule has 0 bridgehead atoms. The molecule has 1 atom stereocenters. The quantitative estimate of drug-likeness (QED) is 0.666. The molecule has 21 heavy (non-hydrogen) atoms. The maximum atomic E-state index is 11.9. The lowest BCUT2D eigenvalue weighted by molar-refractivity contribution is -0.383. The number of nitrogens with one attached hydrogen (secondary N) is 2. The van der Waals surface area contributed by atoms with Crippen LogP contribution in [0, 0.1) is 10.1 Å². The van der Waals surface area contributed by atoms with Gasteiger partial charge in [-0.25, -0.2) is 4.79 Å². The summed E-state index contributed by atoms with van der Waals surface area (Å²) < 4.78 is 0. The number of hydrogen-bond acceptors (Lipinski definition) is 3. The van der Waals surface area contributed by atoms with Crippen molar-refractivity contribution in [2.24, 2.45) is 0 Å². The minimum atomic E-state index is -0.532. The number of nitro groups is 1. The number of hydrogen-bond donors (Lipinski definition) is 2. The summed E-state index contributed by atoms with van der Waals surface area (Å²) in [7, 11) is 0. The van der Waals surface area contributed by atoms with Gasteiger partial charge in [-0.1, -0.05) is 42.5 Å². The van der Waals surface area contributed by atoms with Crippen LogP contribution in [-0.4, -0.2) is 11.0 Å². The van der Waals surface area contributed by atoms with Gasteiger partial charge in [0, 0.05) is 6.07 Å². The van der Waals surface area contributed by atoms with Crippen LogP contribution in [0.2, 0.25) is 0 Å². The molecule has 2 amide bonds. The van der Waals surface area contributed by atoms with E-state index in [4.69, 9.17) is 0 Å². The molecule has 0 aliphatic rings. The average molecular weight is 285 g/mol. The van der Waals surface area contributed by atoms with Crippen LogP contribution in [0.3, 0.4) is 0 Å². The molecule has 0 spiro atoms. The zero-order valence-electron chi connectivity index (χ0n) is 11.4. The number of nitrogens with zero attached hydrogens (tertiary/aromatic N) is 1. The topological polar surface area (TPSA) is 84.3 Å². The molecule has 0 unspecified atom stereocenters. The summed E-state index contributed by atoms with van der Waals surface area (Å²) in [6, 6.07) is 14.8. The Hall–Kier alpha value is -2.89. The molecule has 0 saturated carbocycles. The van der Waals surface area contributed by atoms with E-state index < -0.39 is 11.0 Å². The predicted molar refractivity (Wildman–Crippen MR) is 80.1 cm³/mol. The molecule has 0 aliphatic heterocycles. The van der Waals surface area contributed by atoms with Crippen LogP contribution >= 0.6 is 0 Å². The SMILES string of the molecule is C[C@@H](NC(=O)Nc1ccccc1[N+](=O)[O-])c1ccccc1. The van der Waals surface area contributed by atoms with E-state index >= 15 is 0 Å². The number of nitro benzene ring substituents is 1. The van der Waals surface area contributed by atoms with Crippen molar-refractivity contribution in [3.63, 3.8) is 0 Å². The third-order valence-electron chi connectivity index (χ3n) is 3.00. The molecule has 0 saturated heterocycles. The molecule has 6 heteroatoms. The largest absolute Gasteiger partial charge is 0.331 e. The van der Waals surface area contributed by atoms with Gasteiger partial charge >= 0.3 is 6.03 Å². The van der Waals surface area contributed by atoms with Gasteiger partial charge in [-0.15, -0.1) is 0 Å². The second-order valence-electron chi connectivity index (χ2n) is 4.51. The van der Waals surface area contributed by atoms with E-state index in [1.165, 1.54) is 12.1 Å². The number of para-hydroxylation sites is 2. The lowest BCUT2D eigenvalue weighted by atomic mass is 10.1. The Labute approximate surface area is 121 Å². The lowest BCUT2D eigenvalue weighted by Gasteiger charge is -2.15. The molecule has 0 fully saturated rings. The van der Waals surface area contributed by atoms with Gasteiger partial charge in [-0.2, -0.15) is 0 Å². The fraction of sp³-hybridized carbons (Fsp3) is 0.133. The summed E-state index contributed by atoms with van der Waals surface area (Å²) in [6.07, 6.45) is 0. The standard InChI is InChI=1S/C15H15N3O3/c1-11(12-7-3-2-4-8-12)16-15(19)17-13-9-5-6-10-14(13)18(20)21/h2-11H,1H3,(H2,16,17,19)/t11-/m1/s1. The second kappa shape index (κ2) is 6.51. The summed E-state index contributed by atoms with van der Waals surface area (Å²) in [4.78, 5) is 22.3. The molecule has 108 valence electrons. The smallest absolute Gasteiger partial charge is 0.319 e. The van der Waals surface area contributed by atoms with Gasteiger partial charge in [-0.3, -0.25) is 10.1 Å². The Morgan fingerprint density at radius 3 is 2.38 bits per heavy atom. The first kappa shape index (κ1) is 14.5. The number of amides is 2. The molecule has 2 N–H and O–H groups in total. The van der Waals surface area contributed by atoms with E-state index in [2.05, 4.69) is 10.6 Å². The van der Waals surface area contributed by atoms with Gasteiger partial charge in [-0.05, 0) is 18.6 Å². The Morgan fingerprint density at radius 2 is 1.71 bits per heavy atom. The van der Waals surface area contributed by atoms with Crippen LogP contribution in [0.4, 0.5) is 16.2 Å². The Balaban J connectivity index is 2.04. The molecule has 2 rings (SSSR count). The molecular weight excluding hydrogens is 270 g/mol. The van der Waals surface area contributed by atoms with Crippen LogP contribution in [0.1, 0.15) is 18.5 Å². The van der Waals surface area contributed by atoms with Crippen molar-refractivity contribution in [3.05, 3.63) is 70.3 Å². The Bertz CT molecular complexity index is 644. The van der Waals surface area contributed by atoms with Crippen molar-refractivity contribution < 1.29 is 9.72 Å². The molecule has 2 aromatic rings. The summed E-state index contributed by atoms with van der Waals surface area (Å²) in [5, 5.41) is 16.1. The van der Waals surface area contributed by atoms with Gasteiger partial charge in [0.25, 0.3) is 5.69 Å². The Morgan fingerprint density at radius 1 is 1.10 bits per heavy atom. The number of carbonyl (C=O) groups excluding carboxylic acids is 1. The monoisotopic (exact) mass is 285 g/mol.